The van der Waals surface area contributed by atoms with Gasteiger partial charge in [-0.05, 0) is 31.2 Å². The molecule has 1 N–H and O–H groups in total. The molecule has 0 fully saturated rings. The Morgan fingerprint density at radius 1 is 1.15 bits per heavy atom. The van der Waals surface area contributed by atoms with Crippen LogP contribution in [0.5, 0.6) is 11.5 Å². The van der Waals surface area contributed by atoms with Crippen LogP contribution in [-0.4, -0.2) is 25.1 Å². The average molecular weight is 372 g/mol. The predicted molar refractivity (Wildman–Crippen MR) is 99.7 cm³/mol. The number of anilines is 1. The van der Waals surface area contributed by atoms with Gasteiger partial charge < -0.3 is 9.47 Å². The molecule has 2 aromatic carbocycles. The van der Waals surface area contributed by atoms with Crippen LogP contribution < -0.4 is 14.8 Å². The highest BCUT2D eigenvalue weighted by Crippen LogP contribution is 2.30. The third-order valence-corrected chi connectivity index (χ3v) is 4.62. The number of carbonyl (C=O) groups is 1. The maximum absolute atomic E-state index is 13.3. The van der Waals surface area contributed by atoms with Crippen molar-refractivity contribution >= 4 is 22.4 Å². The lowest BCUT2D eigenvalue weighted by atomic mass is 10.1. The van der Waals surface area contributed by atoms with E-state index in [2.05, 4.69) is 10.3 Å². The van der Waals surface area contributed by atoms with Gasteiger partial charge in [-0.3, -0.25) is 10.1 Å². The fourth-order valence-electron chi connectivity index (χ4n) is 2.50. The van der Waals surface area contributed by atoms with Crippen molar-refractivity contribution in [2.45, 2.75) is 6.92 Å². The molecular weight excluding hydrogens is 355 g/mol. The standard InChI is InChI=1S/C19H17FN2O3S/c1-11-16(24-2)8-13(9-17(11)25-3)18(23)22-19-21-15(10-26-19)12-5-4-6-14(20)7-12/h4-10H,1-3H3,(H,21,22,23). The zero-order valence-electron chi connectivity index (χ0n) is 14.5. The second kappa shape index (κ2) is 7.53. The molecule has 0 bridgehead atoms. The number of aromatic nitrogens is 1. The third-order valence-electron chi connectivity index (χ3n) is 3.86. The Morgan fingerprint density at radius 2 is 1.85 bits per heavy atom. The number of amides is 1. The molecule has 134 valence electrons. The summed E-state index contributed by atoms with van der Waals surface area (Å²) in [5, 5.41) is 4.94. The van der Waals surface area contributed by atoms with E-state index in [0.29, 0.717) is 33.5 Å². The van der Waals surface area contributed by atoms with Crippen molar-refractivity contribution in [3.63, 3.8) is 0 Å². The number of benzene rings is 2. The normalized spacial score (nSPS) is 10.5. The average Bonchev–Trinajstić information content (AvgIpc) is 3.10. The monoisotopic (exact) mass is 372 g/mol. The van der Waals surface area contributed by atoms with Crippen molar-refractivity contribution in [2.24, 2.45) is 0 Å². The zero-order chi connectivity index (χ0) is 18.7. The molecule has 5 nitrogen and oxygen atoms in total. The van der Waals surface area contributed by atoms with Gasteiger partial charge in [-0.25, -0.2) is 9.37 Å². The van der Waals surface area contributed by atoms with E-state index in [4.69, 9.17) is 9.47 Å². The Labute approximate surface area is 154 Å². The maximum Gasteiger partial charge on any atom is 0.257 e. The molecule has 1 aromatic heterocycles. The van der Waals surface area contributed by atoms with Crippen molar-refractivity contribution in [3.05, 3.63) is 58.7 Å². The highest BCUT2D eigenvalue weighted by Gasteiger charge is 2.15. The molecule has 0 unspecified atom stereocenters. The molecule has 0 aliphatic rings. The van der Waals surface area contributed by atoms with Crippen LogP contribution in [0.15, 0.2) is 41.8 Å². The molecule has 26 heavy (non-hydrogen) atoms. The number of hydrogen-bond donors (Lipinski definition) is 1. The Hall–Kier alpha value is -2.93. The lowest BCUT2D eigenvalue weighted by Gasteiger charge is -2.12. The number of methoxy groups -OCH3 is 2. The minimum Gasteiger partial charge on any atom is -0.496 e. The molecular formula is C19H17FN2O3S. The molecule has 0 atom stereocenters. The fraction of sp³-hybridized carbons (Fsp3) is 0.158. The van der Waals surface area contributed by atoms with E-state index >= 15 is 0 Å². The van der Waals surface area contributed by atoms with Crippen molar-refractivity contribution in [1.82, 2.24) is 4.98 Å². The molecule has 1 amide bonds. The van der Waals surface area contributed by atoms with E-state index in [0.717, 1.165) is 5.56 Å². The molecule has 1 heterocycles. The Balaban J connectivity index is 1.83. The second-order valence-corrected chi connectivity index (χ2v) is 6.37. The molecule has 0 aliphatic heterocycles. The summed E-state index contributed by atoms with van der Waals surface area (Å²) >= 11 is 1.27. The first-order valence-electron chi connectivity index (χ1n) is 7.77. The Bertz CT molecular complexity index is 930. The molecule has 0 aliphatic carbocycles. The number of rotatable bonds is 5. The summed E-state index contributed by atoms with van der Waals surface area (Å²) < 4.78 is 23.9. The van der Waals surface area contributed by atoms with Gasteiger partial charge in [-0.1, -0.05) is 12.1 Å². The first-order valence-corrected chi connectivity index (χ1v) is 8.65. The summed E-state index contributed by atoms with van der Waals surface area (Å²) in [6.45, 7) is 1.85. The Morgan fingerprint density at radius 3 is 2.46 bits per heavy atom. The van der Waals surface area contributed by atoms with Gasteiger partial charge in [0.1, 0.15) is 17.3 Å². The topological polar surface area (TPSA) is 60.5 Å². The summed E-state index contributed by atoms with van der Waals surface area (Å²) in [6, 6.07) is 9.45. The van der Waals surface area contributed by atoms with Gasteiger partial charge in [0.05, 0.1) is 19.9 Å². The van der Waals surface area contributed by atoms with Crippen molar-refractivity contribution in [1.29, 1.82) is 0 Å². The van der Waals surface area contributed by atoms with Gasteiger partial charge in [-0.15, -0.1) is 11.3 Å². The number of nitrogens with zero attached hydrogens (tertiary/aromatic N) is 1. The van der Waals surface area contributed by atoms with Gasteiger partial charge in [-0.2, -0.15) is 0 Å². The van der Waals surface area contributed by atoms with Crippen LogP contribution in [0, 0.1) is 12.7 Å². The van der Waals surface area contributed by atoms with E-state index in [-0.39, 0.29) is 11.7 Å². The van der Waals surface area contributed by atoms with E-state index in [9.17, 15) is 9.18 Å². The second-order valence-electron chi connectivity index (χ2n) is 5.51. The van der Waals surface area contributed by atoms with Gasteiger partial charge in [0.25, 0.3) is 5.91 Å². The van der Waals surface area contributed by atoms with Crippen LogP contribution in [0.1, 0.15) is 15.9 Å². The smallest absolute Gasteiger partial charge is 0.257 e. The quantitative estimate of drug-likeness (QED) is 0.715. The molecule has 0 spiro atoms. The van der Waals surface area contributed by atoms with Gasteiger partial charge in [0, 0.05) is 22.1 Å². The van der Waals surface area contributed by atoms with Crippen LogP contribution in [0.2, 0.25) is 0 Å². The molecule has 3 aromatic rings. The lowest BCUT2D eigenvalue weighted by Crippen LogP contribution is -2.12. The van der Waals surface area contributed by atoms with Crippen LogP contribution >= 0.6 is 11.3 Å². The van der Waals surface area contributed by atoms with Crippen LogP contribution in [-0.2, 0) is 0 Å². The van der Waals surface area contributed by atoms with Crippen LogP contribution in [0.25, 0.3) is 11.3 Å². The minimum atomic E-state index is -0.333. The number of hydrogen-bond acceptors (Lipinski definition) is 5. The number of carbonyl (C=O) groups excluding carboxylic acids is 1. The predicted octanol–water partition coefficient (Wildman–Crippen LogP) is 4.53. The van der Waals surface area contributed by atoms with Gasteiger partial charge in [0.15, 0.2) is 5.13 Å². The number of ether oxygens (including phenoxy) is 2. The van der Waals surface area contributed by atoms with E-state index < -0.39 is 0 Å². The van der Waals surface area contributed by atoms with Crippen molar-refractivity contribution in [2.75, 3.05) is 19.5 Å². The summed E-state index contributed by atoms with van der Waals surface area (Å²) in [4.78, 5) is 16.9. The van der Waals surface area contributed by atoms with Crippen LogP contribution in [0.3, 0.4) is 0 Å². The largest absolute Gasteiger partial charge is 0.496 e. The number of thiazole rings is 1. The molecule has 0 radical (unpaired) electrons. The van der Waals surface area contributed by atoms with E-state index in [1.165, 1.54) is 37.7 Å². The molecule has 3 rings (SSSR count). The molecule has 0 saturated carbocycles. The molecule has 7 heteroatoms. The van der Waals surface area contributed by atoms with Crippen molar-refractivity contribution < 1.29 is 18.7 Å². The van der Waals surface area contributed by atoms with E-state index in [1.807, 2.05) is 6.92 Å². The summed E-state index contributed by atoms with van der Waals surface area (Å²) in [6.07, 6.45) is 0. The lowest BCUT2D eigenvalue weighted by molar-refractivity contribution is 0.102. The zero-order valence-corrected chi connectivity index (χ0v) is 15.3. The summed E-state index contributed by atoms with van der Waals surface area (Å²) in [5.41, 5.74) is 2.46. The Kier molecular flexibility index (Phi) is 5.18. The number of nitrogens with one attached hydrogen (secondary N) is 1. The highest BCUT2D eigenvalue weighted by molar-refractivity contribution is 7.14. The number of halogens is 1. The maximum atomic E-state index is 13.3. The third kappa shape index (κ3) is 3.67. The SMILES string of the molecule is COc1cc(C(=O)Nc2nc(-c3cccc(F)c3)cs2)cc(OC)c1C. The van der Waals surface area contributed by atoms with E-state index in [1.54, 1.807) is 29.6 Å². The van der Waals surface area contributed by atoms with Gasteiger partial charge in [0.2, 0.25) is 0 Å². The first-order chi connectivity index (χ1) is 12.5. The van der Waals surface area contributed by atoms with Crippen molar-refractivity contribution in [3.8, 4) is 22.8 Å². The minimum absolute atomic E-state index is 0.332. The summed E-state index contributed by atoms with van der Waals surface area (Å²) in [5.74, 6) is 0.463. The molecule has 0 saturated heterocycles. The first kappa shape index (κ1) is 17.9. The van der Waals surface area contributed by atoms with Gasteiger partial charge >= 0.3 is 0 Å². The fourth-order valence-corrected chi connectivity index (χ4v) is 3.21. The van der Waals surface area contributed by atoms with Crippen LogP contribution in [0.4, 0.5) is 9.52 Å². The highest BCUT2D eigenvalue weighted by atomic mass is 32.1. The summed E-state index contributed by atoms with van der Waals surface area (Å²) in [7, 11) is 3.07.